The molecule has 3 amide bonds. The summed E-state index contributed by atoms with van der Waals surface area (Å²) in [5.41, 5.74) is 6.59. The number of nitrogens with zero attached hydrogens (tertiary/aromatic N) is 1. The van der Waals surface area contributed by atoms with Crippen molar-refractivity contribution in [1.29, 1.82) is 0 Å². The number of rotatable bonds is 16. The second-order valence-corrected chi connectivity index (χ2v) is 8.96. The minimum Gasteiger partial charge on any atom is -0.481 e. The van der Waals surface area contributed by atoms with Crippen LogP contribution in [0, 0.1) is 11.8 Å². The van der Waals surface area contributed by atoms with Gasteiger partial charge >= 0.3 is 11.9 Å². The van der Waals surface area contributed by atoms with Gasteiger partial charge in [0.25, 0.3) is 0 Å². The first-order valence-electron chi connectivity index (χ1n) is 12.0. The lowest BCUT2D eigenvalue weighted by Crippen LogP contribution is -2.59. The summed E-state index contributed by atoms with van der Waals surface area (Å²) in [4.78, 5) is 68.1. The van der Waals surface area contributed by atoms with E-state index in [9.17, 15) is 29.1 Å². The Morgan fingerprint density at radius 2 is 1.56 bits per heavy atom. The number of nitrogens with two attached hydrogens (primary N) is 1. The fraction of sp³-hybridized carbons (Fsp3) is 0.652. The Labute approximate surface area is 210 Å². The van der Waals surface area contributed by atoms with Gasteiger partial charge in [0.2, 0.25) is 17.7 Å². The summed E-state index contributed by atoms with van der Waals surface area (Å²) in [6.07, 6.45) is 3.35. The van der Waals surface area contributed by atoms with E-state index in [0.717, 1.165) is 0 Å². The van der Waals surface area contributed by atoms with E-state index in [2.05, 4.69) is 25.9 Å². The zero-order valence-electron chi connectivity index (χ0n) is 21.1. The number of aromatic nitrogens is 2. The van der Waals surface area contributed by atoms with E-state index < -0.39 is 66.2 Å². The molecule has 0 saturated carbocycles. The molecule has 13 heteroatoms. The molecule has 0 aliphatic carbocycles. The number of hydrogen-bond acceptors (Lipinski definition) is 7. The van der Waals surface area contributed by atoms with E-state index in [0.29, 0.717) is 18.5 Å². The molecule has 0 spiro atoms. The molecule has 1 aromatic heterocycles. The number of hydrogen-bond donors (Lipinski definition) is 7. The zero-order chi connectivity index (χ0) is 27.4. The van der Waals surface area contributed by atoms with E-state index in [-0.39, 0.29) is 18.8 Å². The van der Waals surface area contributed by atoms with Crippen LogP contribution in [0.25, 0.3) is 0 Å². The number of carbonyl (C=O) groups excluding carboxylic acids is 3. The van der Waals surface area contributed by atoms with E-state index in [4.69, 9.17) is 10.8 Å². The molecule has 13 nitrogen and oxygen atoms in total. The molecule has 0 aromatic carbocycles. The molecule has 6 atom stereocenters. The minimum atomic E-state index is -1.44. The van der Waals surface area contributed by atoms with Crippen LogP contribution in [0.2, 0.25) is 0 Å². The Hall–Kier alpha value is -3.48. The number of imidazole rings is 1. The van der Waals surface area contributed by atoms with Crippen LogP contribution in [0.3, 0.4) is 0 Å². The third kappa shape index (κ3) is 9.64. The van der Waals surface area contributed by atoms with Gasteiger partial charge in [0.1, 0.15) is 18.1 Å². The van der Waals surface area contributed by atoms with E-state index >= 15 is 0 Å². The smallest absolute Gasteiger partial charge is 0.326 e. The molecule has 202 valence electrons. The summed E-state index contributed by atoms with van der Waals surface area (Å²) >= 11 is 0. The maximum atomic E-state index is 13.3. The van der Waals surface area contributed by atoms with Crippen molar-refractivity contribution in [2.24, 2.45) is 17.6 Å². The second kappa shape index (κ2) is 14.8. The van der Waals surface area contributed by atoms with Gasteiger partial charge < -0.3 is 36.9 Å². The van der Waals surface area contributed by atoms with Gasteiger partial charge in [-0.05, 0) is 18.3 Å². The lowest BCUT2D eigenvalue weighted by Gasteiger charge is -2.28. The summed E-state index contributed by atoms with van der Waals surface area (Å²) in [5.74, 6) is -5.05. The lowest BCUT2D eigenvalue weighted by atomic mass is 9.96. The highest BCUT2D eigenvalue weighted by Crippen LogP contribution is 2.11. The van der Waals surface area contributed by atoms with Crippen molar-refractivity contribution in [1.82, 2.24) is 25.9 Å². The number of aromatic amines is 1. The van der Waals surface area contributed by atoms with Gasteiger partial charge in [-0.3, -0.25) is 19.2 Å². The van der Waals surface area contributed by atoms with E-state index in [1.807, 2.05) is 13.8 Å². The highest BCUT2D eigenvalue weighted by Gasteiger charge is 2.33. The quantitative estimate of drug-likeness (QED) is 0.156. The highest BCUT2D eigenvalue weighted by molar-refractivity contribution is 5.94. The molecule has 36 heavy (non-hydrogen) atoms. The van der Waals surface area contributed by atoms with E-state index in [1.165, 1.54) is 12.5 Å². The second-order valence-electron chi connectivity index (χ2n) is 8.96. The monoisotopic (exact) mass is 510 g/mol. The largest absolute Gasteiger partial charge is 0.481 e. The van der Waals surface area contributed by atoms with Crippen LogP contribution in [0.4, 0.5) is 0 Å². The summed E-state index contributed by atoms with van der Waals surface area (Å²) in [5, 5.41) is 25.8. The van der Waals surface area contributed by atoms with Gasteiger partial charge in [0.15, 0.2) is 0 Å². The van der Waals surface area contributed by atoms with Crippen molar-refractivity contribution in [3.05, 3.63) is 18.2 Å². The van der Waals surface area contributed by atoms with Gasteiger partial charge in [-0.2, -0.15) is 0 Å². The molecule has 8 N–H and O–H groups in total. The van der Waals surface area contributed by atoms with Crippen molar-refractivity contribution in [2.75, 3.05) is 0 Å². The minimum absolute atomic E-state index is 0.0516. The van der Waals surface area contributed by atoms with Gasteiger partial charge in [-0.15, -0.1) is 0 Å². The Balaban J connectivity index is 3.09. The highest BCUT2D eigenvalue weighted by atomic mass is 16.4. The van der Waals surface area contributed by atoms with Crippen LogP contribution in [0.5, 0.6) is 0 Å². The first kappa shape index (κ1) is 30.6. The lowest BCUT2D eigenvalue weighted by molar-refractivity contribution is -0.143. The first-order valence-corrected chi connectivity index (χ1v) is 12.0. The van der Waals surface area contributed by atoms with Crippen LogP contribution in [0.15, 0.2) is 12.5 Å². The predicted molar refractivity (Wildman–Crippen MR) is 129 cm³/mol. The normalized spacial score (nSPS) is 16.0. The molecule has 0 radical (unpaired) electrons. The molecule has 1 aromatic rings. The van der Waals surface area contributed by atoms with Crippen molar-refractivity contribution in [2.45, 2.75) is 84.0 Å². The third-order valence-corrected chi connectivity index (χ3v) is 6.23. The topological polar surface area (TPSA) is 217 Å². The summed E-state index contributed by atoms with van der Waals surface area (Å²) in [6.45, 7) is 7.22. The van der Waals surface area contributed by atoms with Crippen LogP contribution in [-0.2, 0) is 30.4 Å². The fourth-order valence-electron chi connectivity index (χ4n) is 3.35. The summed E-state index contributed by atoms with van der Waals surface area (Å²) < 4.78 is 0. The van der Waals surface area contributed by atoms with Crippen LogP contribution >= 0.6 is 0 Å². The molecule has 0 bridgehead atoms. The third-order valence-electron chi connectivity index (χ3n) is 6.23. The van der Waals surface area contributed by atoms with Gasteiger partial charge in [-0.25, -0.2) is 9.78 Å². The molecule has 0 saturated heterocycles. The SMILES string of the molecule is CCC(C)C(N)C(=O)NC(Cc1cnc[nH]1)C(=O)NC(C(=O)NC(CCC(=O)O)C(=O)O)C(C)CC. The standard InChI is InChI=1S/C23H38N6O7/c1-5-12(3)18(24)21(33)28-16(9-14-10-25-11-26-14)20(32)29-19(13(4)6-2)22(34)27-15(23(35)36)7-8-17(30)31/h10-13,15-16,18-19H,5-9,24H2,1-4H3,(H,25,26)(H,27,34)(H,28,33)(H,29,32)(H,30,31)(H,35,36). The Morgan fingerprint density at radius 3 is 2.06 bits per heavy atom. The summed E-state index contributed by atoms with van der Waals surface area (Å²) in [6, 6.07) is -4.49. The predicted octanol–water partition coefficient (Wildman–Crippen LogP) is -0.224. The van der Waals surface area contributed by atoms with Gasteiger partial charge in [0.05, 0.1) is 12.4 Å². The number of nitrogens with one attached hydrogen (secondary N) is 4. The number of carbonyl (C=O) groups is 5. The van der Waals surface area contributed by atoms with Gasteiger partial charge in [-0.1, -0.05) is 40.5 Å². The zero-order valence-corrected chi connectivity index (χ0v) is 21.1. The average Bonchev–Trinajstić information content (AvgIpc) is 3.35. The van der Waals surface area contributed by atoms with Crippen molar-refractivity contribution < 1.29 is 34.2 Å². The molecule has 0 aliphatic heterocycles. The number of carboxylic acids is 2. The maximum absolute atomic E-state index is 13.3. The molecular weight excluding hydrogens is 472 g/mol. The van der Waals surface area contributed by atoms with Crippen molar-refractivity contribution in [3.8, 4) is 0 Å². The van der Waals surface area contributed by atoms with Crippen LogP contribution in [-0.4, -0.2) is 74.0 Å². The molecular formula is C23H38N6O7. The van der Waals surface area contributed by atoms with Gasteiger partial charge in [0, 0.05) is 24.7 Å². The molecule has 1 rings (SSSR count). The number of amides is 3. The number of H-pyrrole nitrogens is 1. The van der Waals surface area contributed by atoms with Crippen molar-refractivity contribution >= 4 is 29.7 Å². The maximum Gasteiger partial charge on any atom is 0.326 e. The average molecular weight is 511 g/mol. The Kier molecular flexibility index (Phi) is 12.6. The Morgan fingerprint density at radius 1 is 0.944 bits per heavy atom. The van der Waals surface area contributed by atoms with E-state index in [1.54, 1.807) is 13.8 Å². The fourth-order valence-corrected chi connectivity index (χ4v) is 3.35. The van der Waals surface area contributed by atoms with Crippen LogP contribution in [0.1, 0.15) is 59.1 Å². The number of carboxylic acid groups (broad SMARTS) is 2. The molecule has 6 unspecified atom stereocenters. The first-order chi connectivity index (χ1) is 16.9. The molecule has 0 fully saturated rings. The number of aliphatic carboxylic acids is 2. The molecule has 1 heterocycles. The summed E-state index contributed by atoms with van der Waals surface area (Å²) in [7, 11) is 0. The van der Waals surface area contributed by atoms with Crippen molar-refractivity contribution in [3.63, 3.8) is 0 Å². The van der Waals surface area contributed by atoms with Crippen LogP contribution < -0.4 is 21.7 Å². The molecule has 0 aliphatic rings. The Bertz CT molecular complexity index is 892.